The SMILES string of the molecule is Cc1cccc(-c2cnn(-c3ncnc4nc[nH]c34)c2)c1. The van der Waals surface area contributed by atoms with Crippen molar-refractivity contribution in [3.8, 4) is 16.9 Å². The van der Waals surface area contributed by atoms with Crippen LogP contribution in [0.15, 0.2) is 49.3 Å². The van der Waals surface area contributed by atoms with Crippen molar-refractivity contribution in [2.75, 3.05) is 0 Å². The molecule has 1 N–H and O–H groups in total. The molecule has 6 heteroatoms. The van der Waals surface area contributed by atoms with Gasteiger partial charge in [0, 0.05) is 11.8 Å². The Morgan fingerprint density at radius 2 is 2.05 bits per heavy atom. The van der Waals surface area contributed by atoms with Gasteiger partial charge in [-0.15, -0.1) is 0 Å². The van der Waals surface area contributed by atoms with Crippen molar-refractivity contribution < 1.29 is 0 Å². The summed E-state index contributed by atoms with van der Waals surface area (Å²) in [4.78, 5) is 15.6. The normalized spacial score (nSPS) is 11.1. The van der Waals surface area contributed by atoms with Gasteiger partial charge in [-0.05, 0) is 12.5 Å². The number of aromatic nitrogens is 6. The molecule has 0 atom stereocenters. The lowest BCUT2D eigenvalue weighted by Gasteiger charge is -2.01. The first-order chi connectivity index (χ1) is 10.3. The minimum atomic E-state index is 0.632. The lowest BCUT2D eigenvalue weighted by molar-refractivity contribution is 0.848. The maximum absolute atomic E-state index is 4.40. The molecular formula is C15H12N6. The minimum Gasteiger partial charge on any atom is -0.340 e. The second-order valence-corrected chi connectivity index (χ2v) is 4.84. The predicted molar refractivity (Wildman–Crippen MR) is 79.0 cm³/mol. The van der Waals surface area contributed by atoms with Gasteiger partial charge >= 0.3 is 0 Å². The summed E-state index contributed by atoms with van der Waals surface area (Å²) in [5.41, 5.74) is 4.81. The molecule has 0 aliphatic rings. The zero-order chi connectivity index (χ0) is 14.2. The third-order valence-corrected chi connectivity index (χ3v) is 3.35. The maximum atomic E-state index is 4.40. The first-order valence-corrected chi connectivity index (χ1v) is 6.57. The molecule has 4 aromatic rings. The van der Waals surface area contributed by atoms with Crippen molar-refractivity contribution >= 4 is 11.2 Å². The van der Waals surface area contributed by atoms with Gasteiger partial charge in [0.05, 0.1) is 12.5 Å². The second-order valence-electron chi connectivity index (χ2n) is 4.84. The molecule has 0 aliphatic carbocycles. The zero-order valence-electron chi connectivity index (χ0n) is 11.4. The van der Waals surface area contributed by atoms with Crippen LogP contribution in [0, 0.1) is 6.92 Å². The van der Waals surface area contributed by atoms with Gasteiger partial charge in [-0.2, -0.15) is 5.10 Å². The van der Waals surface area contributed by atoms with E-state index in [-0.39, 0.29) is 0 Å². The number of H-pyrrole nitrogens is 1. The Hall–Kier alpha value is -3.02. The number of aryl methyl sites for hydroxylation is 1. The number of fused-ring (bicyclic) bond motifs is 1. The molecule has 21 heavy (non-hydrogen) atoms. The van der Waals surface area contributed by atoms with Crippen molar-refractivity contribution in [3.63, 3.8) is 0 Å². The van der Waals surface area contributed by atoms with Crippen LogP contribution >= 0.6 is 0 Å². The van der Waals surface area contributed by atoms with Gasteiger partial charge in [-0.3, -0.25) is 0 Å². The van der Waals surface area contributed by atoms with E-state index in [0.717, 1.165) is 16.6 Å². The summed E-state index contributed by atoms with van der Waals surface area (Å²) in [7, 11) is 0. The summed E-state index contributed by atoms with van der Waals surface area (Å²) in [6.07, 6.45) is 6.89. The molecule has 0 radical (unpaired) electrons. The van der Waals surface area contributed by atoms with E-state index in [1.807, 2.05) is 18.5 Å². The average Bonchev–Trinajstić information content (AvgIpc) is 3.16. The Balaban J connectivity index is 1.83. The van der Waals surface area contributed by atoms with Crippen LogP contribution in [0.4, 0.5) is 0 Å². The van der Waals surface area contributed by atoms with Gasteiger partial charge in [0.15, 0.2) is 11.5 Å². The average molecular weight is 276 g/mol. The van der Waals surface area contributed by atoms with Crippen molar-refractivity contribution in [1.82, 2.24) is 29.7 Å². The molecule has 3 heterocycles. The van der Waals surface area contributed by atoms with Gasteiger partial charge in [0.1, 0.15) is 11.8 Å². The van der Waals surface area contributed by atoms with Crippen LogP contribution in [0.3, 0.4) is 0 Å². The van der Waals surface area contributed by atoms with Gasteiger partial charge in [0.25, 0.3) is 0 Å². The van der Waals surface area contributed by atoms with E-state index in [4.69, 9.17) is 0 Å². The van der Waals surface area contributed by atoms with E-state index < -0.39 is 0 Å². The number of nitrogens with one attached hydrogen (secondary N) is 1. The first-order valence-electron chi connectivity index (χ1n) is 6.57. The molecular weight excluding hydrogens is 264 g/mol. The van der Waals surface area contributed by atoms with Crippen LogP contribution in [0.25, 0.3) is 28.1 Å². The molecule has 1 aromatic carbocycles. The van der Waals surface area contributed by atoms with E-state index in [0.29, 0.717) is 11.5 Å². The molecule has 102 valence electrons. The van der Waals surface area contributed by atoms with E-state index in [2.05, 4.69) is 50.2 Å². The van der Waals surface area contributed by atoms with Crippen LogP contribution in [-0.4, -0.2) is 29.7 Å². The summed E-state index contributed by atoms with van der Waals surface area (Å²) < 4.78 is 1.74. The summed E-state index contributed by atoms with van der Waals surface area (Å²) in [6.45, 7) is 2.08. The van der Waals surface area contributed by atoms with Crippen LogP contribution < -0.4 is 0 Å². The molecule has 0 aliphatic heterocycles. The number of rotatable bonds is 2. The standard InChI is InChI=1S/C15H12N6/c1-10-3-2-4-11(5-10)12-6-20-21(7-12)15-13-14(17-8-16-13)18-9-19-15/h2-9H,1H3,(H,16,17,18,19). The summed E-state index contributed by atoms with van der Waals surface area (Å²) in [5, 5.41) is 4.40. The van der Waals surface area contributed by atoms with Crippen LogP contribution in [-0.2, 0) is 0 Å². The summed E-state index contributed by atoms with van der Waals surface area (Å²) in [5.74, 6) is 0.691. The largest absolute Gasteiger partial charge is 0.340 e. The highest BCUT2D eigenvalue weighted by molar-refractivity contribution is 5.77. The number of nitrogens with zero attached hydrogens (tertiary/aromatic N) is 5. The Labute approximate surface area is 120 Å². The lowest BCUT2D eigenvalue weighted by atomic mass is 10.1. The third-order valence-electron chi connectivity index (χ3n) is 3.35. The molecule has 0 spiro atoms. The molecule has 0 saturated heterocycles. The summed E-state index contributed by atoms with van der Waals surface area (Å²) in [6, 6.07) is 8.32. The summed E-state index contributed by atoms with van der Waals surface area (Å²) >= 11 is 0. The monoisotopic (exact) mass is 276 g/mol. The Bertz CT molecular complexity index is 920. The third kappa shape index (κ3) is 1.97. The van der Waals surface area contributed by atoms with Gasteiger partial charge < -0.3 is 4.98 Å². The molecule has 0 fully saturated rings. The predicted octanol–water partition coefficient (Wildman–Crippen LogP) is 2.51. The number of aromatic amines is 1. The second kappa shape index (κ2) is 4.52. The number of hydrogen-bond acceptors (Lipinski definition) is 4. The van der Waals surface area contributed by atoms with Gasteiger partial charge in [-0.25, -0.2) is 19.6 Å². The molecule has 6 nitrogen and oxygen atoms in total. The van der Waals surface area contributed by atoms with Crippen LogP contribution in [0.5, 0.6) is 0 Å². The fourth-order valence-electron chi connectivity index (χ4n) is 2.34. The molecule has 0 bridgehead atoms. The van der Waals surface area contributed by atoms with Crippen molar-refractivity contribution in [2.24, 2.45) is 0 Å². The molecule has 0 saturated carbocycles. The quantitative estimate of drug-likeness (QED) is 0.610. The van der Waals surface area contributed by atoms with Crippen LogP contribution in [0.2, 0.25) is 0 Å². The van der Waals surface area contributed by atoms with E-state index in [1.165, 1.54) is 11.9 Å². The molecule has 3 aromatic heterocycles. The highest BCUT2D eigenvalue weighted by Gasteiger charge is 2.10. The number of benzene rings is 1. The van der Waals surface area contributed by atoms with Crippen molar-refractivity contribution in [3.05, 3.63) is 54.9 Å². The lowest BCUT2D eigenvalue weighted by Crippen LogP contribution is -1.99. The van der Waals surface area contributed by atoms with Gasteiger partial charge in [0.2, 0.25) is 0 Å². The maximum Gasteiger partial charge on any atom is 0.182 e. The molecule has 0 unspecified atom stereocenters. The fourth-order valence-corrected chi connectivity index (χ4v) is 2.34. The van der Waals surface area contributed by atoms with Crippen molar-refractivity contribution in [2.45, 2.75) is 6.92 Å². The smallest absolute Gasteiger partial charge is 0.182 e. The molecule has 0 amide bonds. The number of imidazole rings is 1. The van der Waals surface area contributed by atoms with E-state index in [9.17, 15) is 0 Å². The zero-order valence-corrected chi connectivity index (χ0v) is 11.4. The van der Waals surface area contributed by atoms with E-state index >= 15 is 0 Å². The Morgan fingerprint density at radius 1 is 1.10 bits per heavy atom. The Morgan fingerprint density at radius 3 is 2.95 bits per heavy atom. The number of hydrogen-bond donors (Lipinski definition) is 1. The van der Waals surface area contributed by atoms with Crippen molar-refractivity contribution in [1.29, 1.82) is 0 Å². The fraction of sp³-hybridized carbons (Fsp3) is 0.0667. The topological polar surface area (TPSA) is 72.3 Å². The highest BCUT2D eigenvalue weighted by atomic mass is 15.3. The van der Waals surface area contributed by atoms with Gasteiger partial charge in [-0.1, -0.05) is 29.8 Å². The molecule has 4 rings (SSSR count). The minimum absolute atomic E-state index is 0.632. The van der Waals surface area contributed by atoms with Crippen LogP contribution in [0.1, 0.15) is 5.56 Å². The van der Waals surface area contributed by atoms with E-state index in [1.54, 1.807) is 11.0 Å². The Kier molecular flexibility index (Phi) is 2.53. The highest BCUT2D eigenvalue weighted by Crippen LogP contribution is 2.22. The first kappa shape index (κ1) is 11.8.